The van der Waals surface area contributed by atoms with E-state index in [1.54, 1.807) is 0 Å². The van der Waals surface area contributed by atoms with Gasteiger partial charge in [0.25, 0.3) is 0 Å². The summed E-state index contributed by atoms with van der Waals surface area (Å²) >= 11 is 0. The molecule has 0 aliphatic rings. The molecule has 0 radical (unpaired) electrons. The van der Waals surface area contributed by atoms with Crippen LogP contribution in [0.4, 0.5) is 0 Å². The Kier molecular flexibility index (Phi) is 4.23. The molecule has 106 valence electrons. The maximum absolute atomic E-state index is 10.9. The van der Waals surface area contributed by atoms with Crippen LogP contribution < -0.4 is 0 Å². The predicted octanol–water partition coefficient (Wildman–Crippen LogP) is 3.19. The molecule has 1 N–H and O–H groups in total. The zero-order valence-corrected chi connectivity index (χ0v) is 12.1. The van der Waals surface area contributed by atoms with Crippen molar-refractivity contribution in [3.8, 4) is 5.69 Å². The summed E-state index contributed by atoms with van der Waals surface area (Å²) in [5.74, 6) is -0.566. The van der Waals surface area contributed by atoms with Crippen molar-refractivity contribution >= 4 is 5.97 Å². The normalized spacial score (nSPS) is 11.0. The summed E-state index contributed by atoms with van der Waals surface area (Å²) in [5.41, 5.74) is 3.89. The highest BCUT2D eigenvalue weighted by Crippen LogP contribution is 2.23. The van der Waals surface area contributed by atoms with E-state index >= 15 is 0 Å². The average Bonchev–Trinajstić information content (AvgIpc) is 2.81. The van der Waals surface area contributed by atoms with E-state index in [-0.39, 0.29) is 12.3 Å². The van der Waals surface area contributed by atoms with Gasteiger partial charge in [0.05, 0.1) is 17.8 Å². The molecule has 0 unspecified atom stereocenters. The first-order chi connectivity index (χ1) is 9.52. The van der Waals surface area contributed by atoms with Gasteiger partial charge in [0.1, 0.15) is 0 Å². The standard InChI is InChI=1S/C16H20N2O2/c1-4-12-7-5-6-8-14(12)18-15(11(2)3)9-13(17-18)10-16(19)20/h5-9,11H,4,10H2,1-3H3,(H,19,20). The minimum absolute atomic E-state index is 0.0407. The number of nitrogens with zero attached hydrogens (tertiary/aromatic N) is 2. The van der Waals surface area contributed by atoms with Crippen molar-refractivity contribution in [3.05, 3.63) is 47.3 Å². The van der Waals surface area contributed by atoms with Crippen molar-refractivity contribution in [2.45, 2.75) is 39.5 Å². The molecular formula is C16H20N2O2. The van der Waals surface area contributed by atoms with Crippen LogP contribution in [0.2, 0.25) is 0 Å². The minimum atomic E-state index is -0.853. The van der Waals surface area contributed by atoms with Crippen LogP contribution in [0.15, 0.2) is 30.3 Å². The molecule has 1 aromatic carbocycles. The average molecular weight is 272 g/mol. The molecule has 20 heavy (non-hydrogen) atoms. The van der Waals surface area contributed by atoms with E-state index in [1.807, 2.05) is 28.9 Å². The maximum atomic E-state index is 10.9. The first kappa shape index (κ1) is 14.3. The fourth-order valence-electron chi connectivity index (χ4n) is 2.31. The van der Waals surface area contributed by atoms with Crippen LogP contribution in [0.1, 0.15) is 43.6 Å². The number of carbonyl (C=O) groups is 1. The molecule has 2 aromatic rings. The fourth-order valence-corrected chi connectivity index (χ4v) is 2.31. The van der Waals surface area contributed by atoms with Crippen LogP contribution >= 0.6 is 0 Å². The second-order valence-electron chi connectivity index (χ2n) is 5.18. The van der Waals surface area contributed by atoms with Gasteiger partial charge in [-0.1, -0.05) is 39.0 Å². The number of rotatable bonds is 5. The minimum Gasteiger partial charge on any atom is -0.481 e. The van der Waals surface area contributed by atoms with Crippen molar-refractivity contribution in [2.24, 2.45) is 0 Å². The number of hydrogen-bond donors (Lipinski definition) is 1. The van der Waals surface area contributed by atoms with Crippen LogP contribution in [0.25, 0.3) is 5.69 Å². The van der Waals surface area contributed by atoms with Crippen LogP contribution in [0.3, 0.4) is 0 Å². The van der Waals surface area contributed by atoms with E-state index in [0.717, 1.165) is 17.8 Å². The van der Waals surface area contributed by atoms with Gasteiger partial charge < -0.3 is 5.11 Å². The third kappa shape index (κ3) is 2.90. The SMILES string of the molecule is CCc1ccccc1-n1nc(CC(=O)O)cc1C(C)C. The quantitative estimate of drug-likeness (QED) is 0.909. The number of aromatic nitrogens is 2. The van der Waals surface area contributed by atoms with Crippen molar-refractivity contribution in [2.75, 3.05) is 0 Å². The summed E-state index contributed by atoms with van der Waals surface area (Å²) in [6, 6.07) is 10.0. The van der Waals surface area contributed by atoms with Gasteiger partial charge in [-0.05, 0) is 30.0 Å². The van der Waals surface area contributed by atoms with Crippen molar-refractivity contribution < 1.29 is 9.90 Å². The van der Waals surface area contributed by atoms with E-state index in [4.69, 9.17) is 5.11 Å². The first-order valence-corrected chi connectivity index (χ1v) is 6.91. The molecule has 0 atom stereocenters. The Balaban J connectivity index is 2.54. The lowest BCUT2D eigenvalue weighted by atomic mass is 10.1. The molecule has 0 spiro atoms. The summed E-state index contributed by atoms with van der Waals surface area (Å²) in [4.78, 5) is 10.9. The summed E-state index contributed by atoms with van der Waals surface area (Å²) in [6.07, 6.45) is 0.878. The zero-order valence-electron chi connectivity index (χ0n) is 12.1. The van der Waals surface area contributed by atoms with Crippen LogP contribution in [0.5, 0.6) is 0 Å². The predicted molar refractivity (Wildman–Crippen MR) is 78.4 cm³/mol. The Labute approximate surface area is 119 Å². The van der Waals surface area contributed by atoms with Crippen LogP contribution in [-0.2, 0) is 17.6 Å². The lowest BCUT2D eigenvalue weighted by Crippen LogP contribution is -2.07. The Hall–Kier alpha value is -2.10. The molecule has 0 saturated carbocycles. The van der Waals surface area contributed by atoms with Gasteiger partial charge in [0.2, 0.25) is 0 Å². The molecular weight excluding hydrogens is 252 g/mol. The summed E-state index contributed by atoms with van der Waals surface area (Å²) < 4.78 is 1.89. The van der Waals surface area contributed by atoms with Gasteiger partial charge in [-0.3, -0.25) is 4.79 Å². The second-order valence-corrected chi connectivity index (χ2v) is 5.18. The maximum Gasteiger partial charge on any atom is 0.309 e. The van der Waals surface area contributed by atoms with Crippen LogP contribution in [-0.4, -0.2) is 20.9 Å². The van der Waals surface area contributed by atoms with Crippen molar-refractivity contribution in [1.29, 1.82) is 0 Å². The Morgan fingerprint density at radius 2 is 2.05 bits per heavy atom. The van der Waals surface area contributed by atoms with Gasteiger partial charge in [-0.2, -0.15) is 5.10 Å². The smallest absolute Gasteiger partial charge is 0.309 e. The number of aliphatic carboxylic acids is 1. The molecule has 0 saturated heterocycles. The van der Waals surface area contributed by atoms with E-state index in [2.05, 4.69) is 31.9 Å². The number of benzene rings is 1. The van der Waals surface area contributed by atoms with Crippen molar-refractivity contribution in [1.82, 2.24) is 9.78 Å². The molecule has 0 fully saturated rings. The lowest BCUT2D eigenvalue weighted by molar-refractivity contribution is -0.136. The molecule has 1 heterocycles. The van der Waals surface area contributed by atoms with Gasteiger partial charge in [0.15, 0.2) is 0 Å². The van der Waals surface area contributed by atoms with E-state index < -0.39 is 5.97 Å². The molecule has 0 amide bonds. The number of para-hydroxylation sites is 1. The molecule has 2 rings (SSSR count). The molecule has 4 nitrogen and oxygen atoms in total. The second kappa shape index (κ2) is 5.90. The highest BCUT2D eigenvalue weighted by Gasteiger charge is 2.15. The number of carboxylic acid groups (broad SMARTS) is 1. The highest BCUT2D eigenvalue weighted by molar-refractivity contribution is 5.69. The molecule has 4 heteroatoms. The van der Waals surface area contributed by atoms with Gasteiger partial charge >= 0.3 is 5.97 Å². The highest BCUT2D eigenvalue weighted by atomic mass is 16.4. The lowest BCUT2D eigenvalue weighted by Gasteiger charge is -2.13. The topological polar surface area (TPSA) is 55.1 Å². The van der Waals surface area contributed by atoms with Gasteiger partial charge in [0, 0.05) is 5.69 Å². The molecule has 0 aliphatic carbocycles. The number of hydrogen-bond acceptors (Lipinski definition) is 2. The fraction of sp³-hybridized carbons (Fsp3) is 0.375. The zero-order chi connectivity index (χ0) is 14.7. The largest absolute Gasteiger partial charge is 0.481 e. The Morgan fingerprint density at radius 3 is 2.65 bits per heavy atom. The number of carboxylic acids is 1. The Bertz CT molecular complexity index is 615. The summed E-state index contributed by atoms with van der Waals surface area (Å²) in [6.45, 7) is 6.29. The first-order valence-electron chi connectivity index (χ1n) is 6.91. The number of aryl methyl sites for hydroxylation is 1. The van der Waals surface area contributed by atoms with E-state index in [1.165, 1.54) is 5.56 Å². The third-order valence-corrected chi connectivity index (χ3v) is 3.31. The van der Waals surface area contributed by atoms with E-state index in [9.17, 15) is 4.79 Å². The third-order valence-electron chi connectivity index (χ3n) is 3.31. The van der Waals surface area contributed by atoms with Crippen LogP contribution in [0, 0.1) is 0 Å². The molecule has 0 bridgehead atoms. The Morgan fingerprint density at radius 1 is 1.35 bits per heavy atom. The summed E-state index contributed by atoms with van der Waals surface area (Å²) in [7, 11) is 0. The monoisotopic (exact) mass is 272 g/mol. The molecule has 1 aromatic heterocycles. The van der Waals surface area contributed by atoms with E-state index in [0.29, 0.717) is 5.69 Å². The van der Waals surface area contributed by atoms with Gasteiger partial charge in [-0.25, -0.2) is 4.68 Å². The van der Waals surface area contributed by atoms with Gasteiger partial charge in [-0.15, -0.1) is 0 Å². The summed E-state index contributed by atoms with van der Waals surface area (Å²) in [5, 5.41) is 13.4. The molecule has 0 aliphatic heterocycles. The van der Waals surface area contributed by atoms with Crippen molar-refractivity contribution in [3.63, 3.8) is 0 Å².